The van der Waals surface area contributed by atoms with Crippen LogP contribution in [0.25, 0.3) is 11.2 Å². The fourth-order valence-electron chi connectivity index (χ4n) is 5.89. The Morgan fingerprint density at radius 3 is 2.47 bits per heavy atom. The van der Waals surface area contributed by atoms with Crippen molar-refractivity contribution in [2.45, 2.75) is 52.4 Å². The number of halogens is 4. The van der Waals surface area contributed by atoms with E-state index in [9.17, 15) is 32.7 Å². The van der Waals surface area contributed by atoms with Gasteiger partial charge < -0.3 is 29.7 Å². The summed E-state index contributed by atoms with van der Waals surface area (Å²) in [7, 11) is 3.49. The first-order chi connectivity index (χ1) is 22.9. The number of piperazine rings is 1. The van der Waals surface area contributed by atoms with E-state index in [0.717, 1.165) is 18.2 Å². The second kappa shape index (κ2) is 13.1. The quantitative estimate of drug-likeness (QED) is 0.286. The summed E-state index contributed by atoms with van der Waals surface area (Å²) in [6.45, 7) is 7.30. The molecule has 0 spiro atoms. The molecule has 0 bridgehead atoms. The molecule has 1 aliphatic heterocycles. The van der Waals surface area contributed by atoms with Crippen LogP contribution in [0, 0.1) is 6.92 Å². The number of aryl methyl sites for hydroxylation is 1. The Kier molecular flexibility index (Phi) is 9.47. The van der Waals surface area contributed by atoms with E-state index in [1.807, 2.05) is 25.7 Å². The Hall–Kier alpha value is -4.99. The highest BCUT2D eigenvalue weighted by atomic mass is 35.5. The minimum Gasteiger partial charge on any atom is -0.504 e. The molecule has 0 saturated carbocycles. The minimum absolute atomic E-state index is 0.00875. The Labute approximate surface area is 284 Å². The number of aromatic hydroxyl groups is 1. The van der Waals surface area contributed by atoms with E-state index in [4.69, 9.17) is 11.6 Å². The van der Waals surface area contributed by atoms with Crippen LogP contribution in [0.2, 0.25) is 5.02 Å². The van der Waals surface area contributed by atoms with Crippen molar-refractivity contribution in [2.24, 2.45) is 0 Å². The van der Waals surface area contributed by atoms with E-state index in [2.05, 4.69) is 25.3 Å². The molecule has 5 rings (SSSR count). The number of rotatable bonds is 7. The summed E-state index contributed by atoms with van der Waals surface area (Å²) >= 11 is 6.11. The van der Waals surface area contributed by atoms with Gasteiger partial charge in [0.1, 0.15) is 24.4 Å². The van der Waals surface area contributed by atoms with Crippen LogP contribution in [-0.4, -0.2) is 85.6 Å². The van der Waals surface area contributed by atoms with Crippen LogP contribution in [0.15, 0.2) is 35.5 Å². The molecule has 2 amide bonds. The summed E-state index contributed by atoms with van der Waals surface area (Å²) in [5.74, 6) is -1.01. The molecule has 0 radical (unpaired) electrons. The van der Waals surface area contributed by atoms with Gasteiger partial charge in [0, 0.05) is 39.4 Å². The molecule has 1 aromatic carbocycles. The first-order valence-electron chi connectivity index (χ1n) is 15.3. The van der Waals surface area contributed by atoms with Gasteiger partial charge in [-0.25, -0.2) is 19.9 Å². The van der Waals surface area contributed by atoms with E-state index in [1.54, 1.807) is 35.4 Å². The molecule has 13 nitrogen and oxygen atoms in total. The maximum absolute atomic E-state index is 14.4. The lowest BCUT2D eigenvalue weighted by Gasteiger charge is -2.48. The molecule has 2 N–H and O–H groups in total. The Balaban J connectivity index is 1.56. The number of pyridine rings is 1. The van der Waals surface area contributed by atoms with Crippen molar-refractivity contribution < 1.29 is 27.9 Å². The number of hydrogen-bond acceptors (Lipinski definition) is 10. The van der Waals surface area contributed by atoms with Crippen molar-refractivity contribution in [2.75, 3.05) is 48.8 Å². The summed E-state index contributed by atoms with van der Waals surface area (Å²) in [6.07, 6.45) is -1.64. The van der Waals surface area contributed by atoms with Crippen LogP contribution in [0.4, 0.5) is 30.4 Å². The second-order valence-electron chi connectivity index (χ2n) is 12.4. The van der Waals surface area contributed by atoms with Crippen LogP contribution in [0.3, 0.4) is 0 Å². The molecule has 4 heterocycles. The number of amides is 2. The normalized spacial score (nSPS) is 14.7. The predicted octanol–water partition coefficient (Wildman–Crippen LogP) is 4.28. The summed E-state index contributed by atoms with van der Waals surface area (Å²) in [4.78, 5) is 63.4. The summed E-state index contributed by atoms with van der Waals surface area (Å²) in [5, 5.41) is 12.7. The molecule has 1 aliphatic rings. The van der Waals surface area contributed by atoms with Crippen molar-refractivity contribution in [1.82, 2.24) is 29.4 Å². The maximum Gasteiger partial charge on any atom is 0.416 e. The zero-order valence-electron chi connectivity index (χ0n) is 27.7. The zero-order valence-corrected chi connectivity index (χ0v) is 28.4. The number of aromatic nitrogens is 5. The SMILES string of the molecule is CCc1c(N2CCN(C(=O)c3ncnc(C)c3O)CC2(C)C)c(=O)c2nc(N(C)C)cnc2n1CC(=O)Nc1ccc(C(F)(F)F)cc1Cl. The van der Waals surface area contributed by atoms with Crippen molar-refractivity contribution in [1.29, 1.82) is 0 Å². The Morgan fingerprint density at radius 2 is 1.86 bits per heavy atom. The number of carbonyl (C=O) groups excluding carboxylic acids is 2. The van der Waals surface area contributed by atoms with Crippen molar-refractivity contribution in [3.8, 4) is 5.75 Å². The lowest BCUT2D eigenvalue weighted by molar-refractivity contribution is -0.137. The van der Waals surface area contributed by atoms with Crippen LogP contribution in [0.1, 0.15) is 48.2 Å². The first-order valence-corrected chi connectivity index (χ1v) is 15.7. The van der Waals surface area contributed by atoms with Crippen molar-refractivity contribution in [3.63, 3.8) is 0 Å². The molecule has 0 atom stereocenters. The average Bonchev–Trinajstić information content (AvgIpc) is 3.03. The predicted molar refractivity (Wildman–Crippen MR) is 178 cm³/mol. The number of nitrogens with one attached hydrogen (secondary N) is 1. The van der Waals surface area contributed by atoms with Gasteiger partial charge in [0.25, 0.3) is 5.91 Å². The van der Waals surface area contributed by atoms with Crippen LogP contribution in [-0.2, 0) is 23.9 Å². The molecule has 0 aliphatic carbocycles. The lowest BCUT2D eigenvalue weighted by Crippen LogP contribution is -2.62. The van der Waals surface area contributed by atoms with E-state index in [0.29, 0.717) is 11.5 Å². The van der Waals surface area contributed by atoms with Gasteiger partial charge >= 0.3 is 6.18 Å². The van der Waals surface area contributed by atoms with Gasteiger partial charge in [0.15, 0.2) is 22.6 Å². The third kappa shape index (κ3) is 6.82. The molecule has 260 valence electrons. The highest BCUT2D eigenvalue weighted by Gasteiger charge is 2.40. The minimum atomic E-state index is -4.61. The van der Waals surface area contributed by atoms with E-state index in [1.165, 1.54) is 12.5 Å². The fourth-order valence-corrected chi connectivity index (χ4v) is 6.11. The maximum atomic E-state index is 14.4. The van der Waals surface area contributed by atoms with Gasteiger partial charge in [-0.1, -0.05) is 18.5 Å². The summed E-state index contributed by atoms with van der Waals surface area (Å²) < 4.78 is 41.1. The van der Waals surface area contributed by atoms with Gasteiger partial charge in [0.05, 0.1) is 33.7 Å². The van der Waals surface area contributed by atoms with Crippen LogP contribution >= 0.6 is 11.6 Å². The fraction of sp³-hybridized carbons (Fsp3) is 0.406. The van der Waals surface area contributed by atoms with Crippen molar-refractivity contribution >= 4 is 51.8 Å². The molecule has 4 aromatic rings. The monoisotopic (exact) mass is 701 g/mol. The van der Waals surface area contributed by atoms with Crippen LogP contribution < -0.4 is 20.5 Å². The van der Waals surface area contributed by atoms with Gasteiger partial charge in [-0.3, -0.25) is 14.4 Å². The van der Waals surface area contributed by atoms with Crippen LogP contribution in [0.5, 0.6) is 5.75 Å². The highest BCUT2D eigenvalue weighted by Crippen LogP contribution is 2.35. The molecule has 0 unspecified atom stereocenters. The zero-order chi connectivity index (χ0) is 36.0. The highest BCUT2D eigenvalue weighted by molar-refractivity contribution is 6.33. The molecule has 1 fully saturated rings. The molecule has 1 saturated heterocycles. The summed E-state index contributed by atoms with van der Waals surface area (Å²) in [5.41, 5.74) is -1.18. The van der Waals surface area contributed by atoms with Gasteiger partial charge in [0.2, 0.25) is 11.3 Å². The molecule has 17 heteroatoms. The largest absolute Gasteiger partial charge is 0.504 e. The van der Waals surface area contributed by atoms with E-state index < -0.39 is 34.5 Å². The second-order valence-corrected chi connectivity index (χ2v) is 12.9. The van der Waals surface area contributed by atoms with E-state index in [-0.39, 0.29) is 77.3 Å². The average molecular weight is 702 g/mol. The Morgan fingerprint density at radius 1 is 1.14 bits per heavy atom. The smallest absolute Gasteiger partial charge is 0.416 e. The third-order valence-corrected chi connectivity index (χ3v) is 8.67. The Bertz CT molecular complexity index is 2020. The van der Waals surface area contributed by atoms with Gasteiger partial charge in [-0.15, -0.1) is 0 Å². The van der Waals surface area contributed by atoms with E-state index >= 15 is 0 Å². The third-order valence-electron chi connectivity index (χ3n) is 8.36. The molecule has 49 heavy (non-hydrogen) atoms. The molecular formula is C32H35ClF3N9O4. The topological polar surface area (TPSA) is 150 Å². The number of hydrogen-bond donors (Lipinski definition) is 2. The number of carbonyl (C=O) groups is 2. The molecule has 3 aromatic heterocycles. The first kappa shape index (κ1) is 35.3. The standard InChI is InChI=1S/C32H35ClF3N9O4/c1-7-21-26(45-11-10-43(15-31(45,3)4)30(49)25-27(47)17(2)38-16-39-25)28(48)24-29(37-13-22(41-24)42(5)6)44(21)14-23(46)40-20-9-8-18(12-19(20)33)32(34,35)36/h8-9,12-13,16,47H,7,10-11,14-15H2,1-6H3,(H,40,46). The number of fused-ring (bicyclic) bond motifs is 1. The number of anilines is 3. The van der Waals surface area contributed by atoms with Gasteiger partial charge in [-0.05, 0) is 45.4 Å². The molecular weight excluding hydrogens is 667 g/mol. The van der Waals surface area contributed by atoms with Gasteiger partial charge in [-0.2, -0.15) is 13.2 Å². The lowest BCUT2D eigenvalue weighted by atomic mass is 9.96. The number of alkyl halides is 3. The number of benzene rings is 1. The van der Waals surface area contributed by atoms with Crippen molar-refractivity contribution in [3.05, 3.63) is 68.6 Å². The summed E-state index contributed by atoms with van der Waals surface area (Å²) in [6, 6.07) is 2.63. The number of nitrogens with zero attached hydrogens (tertiary/aromatic N) is 8.